The van der Waals surface area contributed by atoms with Gasteiger partial charge in [0.2, 0.25) is 5.95 Å². The van der Waals surface area contributed by atoms with E-state index in [0.29, 0.717) is 0 Å². The number of fused-ring (bicyclic) bond motifs is 1. The molecule has 1 aliphatic rings. The molecule has 1 fully saturated rings. The van der Waals surface area contributed by atoms with Gasteiger partial charge in [-0.2, -0.15) is 0 Å². The van der Waals surface area contributed by atoms with Crippen molar-refractivity contribution in [3.63, 3.8) is 0 Å². The maximum absolute atomic E-state index is 4.72. The van der Waals surface area contributed by atoms with Crippen molar-refractivity contribution in [3.05, 3.63) is 60.0 Å². The molecular formula is C22H22N6S. The average molecular weight is 403 g/mol. The van der Waals surface area contributed by atoms with Gasteiger partial charge >= 0.3 is 0 Å². The summed E-state index contributed by atoms with van der Waals surface area (Å²) < 4.78 is 0. The van der Waals surface area contributed by atoms with E-state index < -0.39 is 0 Å². The molecule has 5 rings (SSSR count). The summed E-state index contributed by atoms with van der Waals surface area (Å²) in [5.41, 5.74) is 3.70. The highest BCUT2D eigenvalue weighted by Gasteiger charge is 2.22. The van der Waals surface area contributed by atoms with Crippen molar-refractivity contribution in [2.24, 2.45) is 0 Å². The molecule has 0 spiro atoms. The van der Waals surface area contributed by atoms with Crippen molar-refractivity contribution in [2.75, 3.05) is 36.0 Å². The molecule has 4 aromatic rings. The molecule has 0 radical (unpaired) electrons. The summed E-state index contributed by atoms with van der Waals surface area (Å²) in [6, 6.07) is 10.5. The quantitative estimate of drug-likeness (QED) is 0.513. The van der Waals surface area contributed by atoms with Gasteiger partial charge in [0, 0.05) is 49.5 Å². The van der Waals surface area contributed by atoms with E-state index >= 15 is 0 Å². The van der Waals surface area contributed by atoms with Crippen LogP contribution in [0.4, 0.5) is 11.8 Å². The Bertz CT molecular complexity index is 1110. The fourth-order valence-corrected chi connectivity index (χ4v) is 4.74. The molecular weight excluding hydrogens is 380 g/mol. The molecule has 6 nitrogen and oxygen atoms in total. The summed E-state index contributed by atoms with van der Waals surface area (Å²) >= 11 is 1.69. The molecule has 1 aliphatic heterocycles. The van der Waals surface area contributed by atoms with E-state index in [1.165, 1.54) is 16.7 Å². The van der Waals surface area contributed by atoms with Crippen LogP contribution >= 0.6 is 11.3 Å². The van der Waals surface area contributed by atoms with E-state index in [9.17, 15) is 0 Å². The minimum Gasteiger partial charge on any atom is -0.354 e. The molecule has 0 aliphatic carbocycles. The molecule has 0 N–H and O–H groups in total. The van der Waals surface area contributed by atoms with Gasteiger partial charge in [-0.15, -0.1) is 11.3 Å². The van der Waals surface area contributed by atoms with E-state index in [-0.39, 0.29) is 0 Å². The number of benzene rings is 1. The average Bonchev–Trinajstić information content (AvgIpc) is 3.05. The second-order valence-electron chi connectivity index (χ2n) is 7.27. The fourth-order valence-electron chi connectivity index (χ4n) is 3.83. The summed E-state index contributed by atoms with van der Waals surface area (Å²) in [5, 5.41) is 3.36. The van der Waals surface area contributed by atoms with Crippen molar-refractivity contribution >= 4 is 33.3 Å². The van der Waals surface area contributed by atoms with E-state index in [0.717, 1.165) is 54.6 Å². The first-order valence-electron chi connectivity index (χ1n) is 9.86. The van der Waals surface area contributed by atoms with Gasteiger partial charge < -0.3 is 9.80 Å². The lowest BCUT2D eigenvalue weighted by atomic mass is 10.0. The first kappa shape index (κ1) is 18.0. The third kappa shape index (κ3) is 3.53. The lowest BCUT2D eigenvalue weighted by molar-refractivity contribution is 0.781. The van der Waals surface area contributed by atoms with Crippen molar-refractivity contribution in [2.45, 2.75) is 13.3 Å². The molecule has 4 heterocycles. The normalized spacial score (nSPS) is 14.9. The molecule has 0 atom stereocenters. The van der Waals surface area contributed by atoms with Gasteiger partial charge in [-0.25, -0.2) is 19.9 Å². The van der Waals surface area contributed by atoms with Gasteiger partial charge in [-0.3, -0.25) is 0 Å². The Kier molecular flexibility index (Phi) is 4.81. The summed E-state index contributed by atoms with van der Waals surface area (Å²) in [7, 11) is 0. The predicted molar refractivity (Wildman–Crippen MR) is 119 cm³/mol. The zero-order valence-electron chi connectivity index (χ0n) is 16.3. The number of aromatic nitrogens is 4. The zero-order valence-corrected chi connectivity index (χ0v) is 17.1. The molecule has 1 saturated heterocycles. The number of nitrogens with zero attached hydrogens (tertiary/aromatic N) is 6. The van der Waals surface area contributed by atoms with Crippen LogP contribution in [0.3, 0.4) is 0 Å². The second-order valence-corrected chi connectivity index (χ2v) is 8.13. The molecule has 0 unspecified atom stereocenters. The smallest absolute Gasteiger partial charge is 0.225 e. The van der Waals surface area contributed by atoms with Crippen LogP contribution in [0.1, 0.15) is 12.0 Å². The van der Waals surface area contributed by atoms with Crippen LogP contribution < -0.4 is 9.80 Å². The van der Waals surface area contributed by atoms with Crippen LogP contribution in [-0.2, 0) is 0 Å². The number of anilines is 2. The van der Waals surface area contributed by atoms with E-state index in [1.54, 1.807) is 30.1 Å². The molecule has 0 amide bonds. The number of aryl methyl sites for hydroxylation is 1. The zero-order chi connectivity index (χ0) is 19.6. The molecule has 29 heavy (non-hydrogen) atoms. The Hall–Kier alpha value is -3.06. The van der Waals surface area contributed by atoms with Crippen LogP contribution in [0.25, 0.3) is 21.3 Å². The van der Waals surface area contributed by atoms with Gasteiger partial charge in [-0.05, 0) is 25.0 Å². The number of rotatable bonds is 3. The first-order valence-corrected chi connectivity index (χ1v) is 10.7. The van der Waals surface area contributed by atoms with Crippen LogP contribution in [0, 0.1) is 6.92 Å². The standard InChI is InChI=1S/C22H22N6S/c1-16-4-6-17(7-5-16)18-14-29-21-19(18)20(25-15-26-21)27-10-3-11-28(13-12-27)22-23-8-2-9-24-22/h2,4-9,14-15H,3,10-13H2,1H3. The summed E-state index contributed by atoms with van der Waals surface area (Å²) in [4.78, 5) is 23.8. The van der Waals surface area contributed by atoms with Crippen LogP contribution in [0.15, 0.2) is 54.4 Å². The Morgan fingerprint density at radius 1 is 0.862 bits per heavy atom. The number of hydrogen-bond acceptors (Lipinski definition) is 7. The van der Waals surface area contributed by atoms with Crippen molar-refractivity contribution in [1.29, 1.82) is 0 Å². The topological polar surface area (TPSA) is 58.0 Å². The van der Waals surface area contributed by atoms with Gasteiger partial charge in [0.25, 0.3) is 0 Å². The molecule has 0 saturated carbocycles. The third-order valence-electron chi connectivity index (χ3n) is 5.34. The second kappa shape index (κ2) is 7.75. The summed E-state index contributed by atoms with van der Waals surface area (Å²) in [5.74, 6) is 1.83. The van der Waals surface area contributed by atoms with Crippen molar-refractivity contribution in [1.82, 2.24) is 19.9 Å². The van der Waals surface area contributed by atoms with Crippen molar-refractivity contribution in [3.8, 4) is 11.1 Å². The van der Waals surface area contributed by atoms with E-state index in [4.69, 9.17) is 4.98 Å². The van der Waals surface area contributed by atoms with E-state index in [2.05, 4.69) is 61.3 Å². The Balaban J connectivity index is 1.49. The van der Waals surface area contributed by atoms with Crippen LogP contribution in [0.5, 0.6) is 0 Å². The highest BCUT2D eigenvalue weighted by molar-refractivity contribution is 7.17. The Labute approximate surface area is 173 Å². The molecule has 1 aromatic carbocycles. The minimum absolute atomic E-state index is 0.804. The van der Waals surface area contributed by atoms with Gasteiger partial charge in [0.1, 0.15) is 17.0 Å². The van der Waals surface area contributed by atoms with Gasteiger partial charge in [0.05, 0.1) is 5.39 Å². The third-order valence-corrected chi connectivity index (χ3v) is 6.23. The van der Waals surface area contributed by atoms with Crippen molar-refractivity contribution < 1.29 is 0 Å². The first-order chi connectivity index (χ1) is 14.3. The monoisotopic (exact) mass is 402 g/mol. The number of thiophene rings is 1. The number of hydrogen-bond donors (Lipinski definition) is 0. The SMILES string of the molecule is Cc1ccc(-c2csc3ncnc(N4CCCN(c5ncccn5)CC4)c23)cc1. The molecule has 3 aromatic heterocycles. The largest absolute Gasteiger partial charge is 0.354 e. The van der Waals surface area contributed by atoms with Gasteiger partial charge in [0.15, 0.2) is 0 Å². The molecule has 0 bridgehead atoms. The lowest BCUT2D eigenvalue weighted by Gasteiger charge is -2.23. The van der Waals surface area contributed by atoms with E-state index in [1.807, 2.05) is 6.07 Å². The Morgan fingerprint density at radius 2 is 1.62 bits per heavy atom. The van der Waals surface area contributed by atoms with Gasteiger partial charge in [-0.1, -0.05) is 29.8 Å². The molecule has 146 valence electrons. The summed E-state index contributed by atoms with van der Waals surface area (Å²) in [6.07, 6.45) is 6.33. The minimum atomic E-state index is 0.804. The lowest BCUT2D eigenvalue weighted by Crippen LogP contribution is -2.32. The molecule has 7 heteroatoms. The highest BCUT2D eigenvalue weighted by atomic mass is 32.1. The highest BCUT2D eigenvalue weighted by Crippen LogP contribution is 2.38. The maximum Gasteiger partial charge on any atom is 0.225 e. The van der Waals surface area contributed by atoms with Crippen LogP contribution in [0.2, 0.25) is 0 Å². The fraction of sp³-hybridized carbons (Fsp3) is 0.273. The maximum atomic E-state index is 4.72. The predicted octanol–water partition coefficient (Wildman–Crippen LogP) is 4.17. The Morgan fingerprint density at radius 3 is 2.45 bits per heavy atom. The van der Waals surface area contributed by atoms with Crippen LogP contribution in [-0.4, -0.2) is 46.1 Å². The summed E-state index contributed by atoms with van der Waals surface area (Å²) in [6.45, 7) is 5.78.